The highest BCUT2D eigenvalue weighted by Gasteiger charge is 2.13. The van der Waals surface area contributed by atoms with E-state index in [2.05, 4.69) is 16.7 Å². The lowest BCUT2D eigenvalue weighted by molar-refractivity contribution is 0.252. The molecule has 0 heterocycles. The fourth-order valence-corrected chi connectivity index (χ4v) is 3.63. The number of fused-ring (bicyclic) bond motifs is 1. The molecule has 6 heteroatoms. The molecule has 0 bridgehead atoms. The molecule has 2 nitrogen and oxygen atoms in total. The third-order valence-electron chi connectivity index (χ3n) is 3.98. The largest absolute Gasteiger partial charge is 0.332 e. The maximum atomic E-state index is 12.3. The number of rotatable bonds is 4. The molecule has 2 N–H and O–H groups in total. The van der Waals surface area contributed by atoms with Gasteiger partial charge in [-0.2, -0.15) is 8.78 Å². The lowest BCUT2D eigenvalue weighted by Gasteiger charge is -2.20. The van der Waals surface area contributed by atoms with Crippen molar-refractivity contribution in [2.24, 2.45) is 0 Å². The average molecular weight is 364 g/mol. The molecular weight excluding hydrogens is 346 g/mol. The second kappa shape index (κ2) is 7.94. The number of hydrogen-bond acceptors (Lipinski definition) is 2. The Balaban J connectivity index is 1.64. The minimum atomic E-state index is -2.41. The van der Waals surface area contributed by atoms with Gasteiger partial charge in [0.2, 0.25) is 0 Å². The quantitative estimate of drug-likeness (QED) is 0.538. The van der Waals surface area contributed by atoms with Crippen molar-refractivity contribution in [3.8, 4) is 0 Å². The molecule has 0 radical (unpaired) electrons. The van der Waals surface area contributed by atoms with Crippen LogP contribution in [-0.4, -0.2) is 10.9 Å². The van der Waals surface area contributed by atoms with Gasteiger partial charge in [0.15, 0.2) is 5.11 Å². The first-order chi connectivity index (χ1) is 11.6. The van der Waals surface area contributed by atoms with Crippen molar-refractivity contribution in [2.75, 3.05) is 10.6 Å². The second-order valence-corrected chi connectivity index (χ2v) is 7.10. The van der Waals surface area contributed by atoms with Crippen molar-refractivity contribution in [3.63, 3.8) is 0 Å². The smallest absolute Gasteiger partial charge is 0.288 e. The predicted molar refractivity (Wildman–Crippen MR) is 101 cm³/mol. The van der Waals surface area contributed by atoms with Crippen LogP contribution in [-0.2, 0) is 12.8 Å². The third kappa shape index (κ3) is 4.45. The maximum Gasteiger partial charge on any atom is 0.288 e. The van der Waals surface area contributed by atoms with Gasteiger partial charge in [-0.1, -0.05) is 23.9 Å². The number of aryl methyl sites for hydroxylation is 1. The monoisotopic (exact) mass is 364 g/mol. The molecule has 1 aliphatic rings. The van der Waals surface area contributed by atoms with Crippen molar-refractivity contribution < 1.29 is 8.78 Å². The van der Waals surface area contributed by atoms with Gasteiger partial charge in [0, 0.05) is 16.3 Å². The van der Waals surface area contributed by atoms with Crippen LogP contribution < -0.4 is 10.6 Å². The van der Waals surface area contributed by atoms with Crippen LogP contribution >= 0.6 is 24.0 Å². The van der Waals surface area contributed by atoms with E-state index in [0.717, 1.165) is 24.2 Å². The standard InChI is InChI=1S/C18H18F2N2S2/c19-17(20)24-14-10-8-13(9-11-14)21-18(23)22-16-7-3-5-12-4-1-2-6-15(12)16/h3,5,7-11,17H,1-2,4,6H2,(H2,21,22,23). The first kappa shape index (κ1) is 17.2. The second-order valence-electron chi connectivity index (χ2n) is 5.63. The van der Waals surface area contributed by atoms with E-state index >= 15 is 0 Å². The van der Waals surface area contributed by atoms with Gasteiger partial charge in [0.1, 0.15) is 0 Å². The molecular formula is C18H18F2N2S2. The van der Waals surface area contributed by atoms with Gasteiger partial charge in [-0.05, 0) is 79.4 Å². The average Bonchev–Trinajstić information content (AvgIpc) is 2.56. The van der Waals surface area contributed by atoms with Crippen LogP contribution in [0.4, 0.5) is 20.2 Å². The number of hydrogen-bond donors (Lipinski definition) is 2. The molecule has 3 rings (SSSR count). The molecule has 0 atom stereocenters. The lowest BCUT2D eigenvalue weighted by atomic mass is 9.90. The zero-order valence-corrected chi connectivity index (χ0v) is 14.7. The summed E-state index contributed by atoms with van der Waals surface area (Å²) in [5, 5.41) is 6.86. The molecule has 0 unspecified atom stereocenters. The minimum absolute atomic E-state index is 0.503. The van der Waals surface area contributed by atoms with Gasteiger partial charge < -0.3 is 10.6 Å². The number of alkyl halides is 2. The van der Waals surface area contributed by atoms with E-state index in [1.165, 1.54) is 24.0 Å². The Labute approximate surface area is 150 Å². The van der Waals surface area contributed by atoms with Crippen LogP contribution in [0.5, 0.6) is 0 Å². The summed E-state index contributed by atoms with van der Waals surface area (Å²) in [7, 11) is 0. The van der Waals surface area contributed by atoms with Gasteiger partial charge in [0.25, 0.3) is 5.76 Å². The van der Waals surface area contributed by atoms with Crippen molar-refractivity contribution in [1.82, 2.24) is 0 Å². The number of nitrogens with one attached hydrogen (secondary N) is 2. The lowest BCUT2D eigenvalue weighted by Crippen LogP contribution is -2.20. The van der Waals surface area contributed by atoms with E-state index in [4.69, 9.17) is 12.2 Å². The Morgan fingerprint density at radius 1 is 1.00 bits per heavy atom. The fraction of sp³-hybridized carbons (Fsp3) is 0.278. The summed E-state index contributed by atoms with van der Waals surface area (Å²) in [6, 6.07) is 13.1. The Kier molecular flexibility index (Phi) is 5.68. The number of anilines is 2. The molecule has 2 aromatic carbocycles. The molecule has 0 aliphatic heterocycles. The van der Waals surface area contributed by atoms with Crippen molar-refractivity contribution >= 4 is 40.5 Å². The highest BCUT2D eigenvalue weighted by atomic mass is 32.2. The Bertz CT molecular complexity index is 717. The van der Waals surface area contributed by atoms with Crippen LogP contribution in [0.25, 0.3) is 0 Å². The zero-order valence-electron chi connectivity index (χ0n) is 13.0. The summed E-state index contributed by atoms with van der Waals surface area (Å²) in [4.78, 5) is 0.534. The highest BCUT2D eigenvalue weighted by molar-refractivity contribution is 7.99. The number of thioether (sulfide) groups is 1. The summed E-state index contributed by atoms with van der Waals surface area (Å²) in [5.74, 6) is -2.41. The summed E-state index contributed by atoms with van der Waals surface area (Å²) < 4.78 is 24.7. The van der Waals surface area contributed by atoms with E-state index in [1.807, 2.05) is 12.1 Å². The van der Waals surface area contributed by atoms with E-state index in [0.29, 0.717) is 21.8 Å². The third-order valence-corrected chi connectivity index (χ3v) is 4.91. The molecule has 0 aromatic heterocycles. The maximum absolute atomic E-state index is 12.3. The molecule has 0 fully saturated rings. The molecule has 0 amide bonds. The summed E-state index contributed by atoms with van der Waals surface area (Å²) >= 11 is 5.91. The molecule has 126 valence electrons. The van der Waals surface area contributed by atoms with E-state index in [9.17, 15) is 8.78 Å². The normalized spacial score (nSPS) is 13.5. The summed E-state index contributed by atoms with van der Waals surface area (Å²) in [6.07, 6.45) is 4.63. The zero-order chi connectivity index (χ0) is 16.9. The van der Waals surface area contributed by atoms with Crippen LogP contribution in [0.2, 0.25) is 0 Å². The van der Waals surface area contributed by atoms with Crippen LogP contribution in [0.15, 0.2) is 47.4 Å². The molecule has 24 heavy (non-hydrogen) atoms. The van der Waals surface area contributed by atoms with Crippen LogP contribution in [0.1, 0.15) is 24.0 Å². The number of benzene rings is 2. The molecule has 1 aliphatic carbocycles. The first-order valence-electron chi connectivity index (χ1n) is 7.85. The Morgan fingerprint density at radius 2 is 1.75 bits per heavy atom. The SMILES string of the molecule is FC(F)Sc1ccc(NC(=S)Nc2cccc3c2CCCC3)cc1. The molecule has 0 spiro atoms. The van der Waals surface area contributed by atoms with Crippen LogP contribution in [0, 0.1) is 0 Å². The van der Waals surface area contributed by atoms with Crippen molar-refractivity contribution in [1.29, 1.82) is 0 Å². The van der Waals surface area contributed by atoms with E-state index < -0.39 is 5.76 Å². The Morgan fingerprint density at radius 3 is 2.50 bits per heavy atom. The van der Waals surface area contributed by atoms with E-state index in [-0.39, 0.29) is 0 Å². The number of thiocarbonyl (C=S) groups is 1. The summed E-state index contributed by atoms with van der Waals surface area (Å²) in [6.45, 7) is 0. The van der Waals surface area contributed by atoms with Gasteiger partial charge in [-0.15, -0.1) is 0 Å². The van der Waals surface area contributed by atoms with Crippen LogP contribution in [0.3, 0.4) is 0 Å². The van der Waals surface area contributed by atoms with Crippen molar-refractivity contribution in [3.05, 3.63) is 53.6 Å². The van der Waals surface area contributed by atoms with Gasteiger partial charge in [-0.25, -0.2) is 0 Å². The van der Waals surface area contributed by atoms with Gasteiger partial charge in [-0.3, -0.25) is 0 Å². The van der Waals surface area contributed by atoms with Gasteiger partial charge in [0.05, 0.1) is 0 Å². The first-order valence-corrected chi connectivity index (χ1v) is 9.14. The van der Waals surface area contributed by atoms with Gasteiger partial charge >= 0.3 is 0 Å². The summed E-state index contributed by atoms with van der Waals surface area (Å²) in [5.41, 5.74) is 4.56. The Hall–Kier alpha value is -1.66. The molecule has 2 aromatic rings. The highest BCUT2D eigenvalue weighted by Crippen LogP contribution is 2.28. The molecule has 0 saturated carbocycles. The van der Waals surface area contributed by atoms with Crippen molar-refractivity contribution in [2.45, 2.75) is 36.3 Å². The topological polar surface area (TPSA) is 24.1 Å². The predicted octanol–water partition coefficient (Wildman–Crippen LogP) is 5.69. The minimum Gasteiger partial charge on any atom is -0.332 e. The fourth-order valence-electron chi connectivity index (χ4n) is 2.90. The number of halogens is 2. The molecule has 0 saturated heterocycles. The van der Waals surface area contributed by atoms with E-state index in [1.54, 1.807) is 24.3 Å².